The van der Waals surface area contributed by atoms with Crippen LogP contribution in [-0.4, -0.2) is 56.1 Å². The minimum absolute atomic E-state index is 0.0243. The van der Waals surface area contributed by atoms with Gasteiger partial charge in [-0.05, 0) is 99.2 Å². The molecular weight excluding hydrogens is 724 g/mol. The molecular formula is C42H43ClN4O6S. The first-order valence-corrected chi connectivity index (χ1v) is 20.3. The van der Waals surface area contributed by atoms with Gasteiger partial charge in [0.2, 0.25) is 23.6 Å². The number of amides is 4. The molecule has 5 aliphatic rings. The van der Waals surface area contributed by atoms with Gasteiger partial charge in [-0.1, -0.05) is 48.6 Å². The summed E-state index contributed by atoms with van der Waals surface area (Å²) in [5, 5.41) is 17.2. The maximum atomic E-state index is 15.2. The van der Waals surface area contributed by atoms with Gasteiger partial charge in [-0.2, -0.15) is 5.10 Å². The molecule has 0 unspecified atom stereocenters. The summed E-state index contributed by atoms with van der Waals surface area (Å²) in [4.78, 5) is 62.4. The first-order chi connectivity index (χ1) is 25.9. The van der Waals surface area contributed by atoms with E-state index in [0.717, 1.165) is 58.2 Å². The molecule has 4 fully saturated rings. The van der Waals surface area contributed by atoms with Crippen LogP contribution in [-0.2, 0) is 26.2 Å². The second-order valence-electron chi connectivity index (χ2n) is 15.9. The SMILES string of the molecule is CCOc1cc([C@H]2C3=CC[C@@H]4C(=O)N(C5CCCCC5)C(=O)[C@@H]4[C@@H]3C[C@H]3C(=O)N(c4cc(-c5sc6ccc(Cl)cc6c5C)nn4C)C(=O)[C@@]23C)ccc1O. The van der Waals surface area contributed by atoms with Crippen LogP contribution in [0.2, 0.25) is 5.02 Å². The third-order valence-corrected chi connectivity index (χ3v) is 14.6. The lowest BCUT2D eigenvalue weighted by Gasteiger charge is -2.49. The number of carbonyl (C=O) groups is 4. The number of benzene rings is 2. The number of allylic oxidation sites excluding steroid dienone is 2. The second-order valence-corrected chi connectivity index (χ2v) is 17.4. The Morgan fingerprint density at radius 3 is 2.54 bits per heavy atom. The molecule has 2 aromatic heterocycles. The molecule has 4 heterocycles. The van der Waals surface area contributed by atoms with Crippen molar-refractivity contribution in [2.45, 2.75) is 77.7 Å². The zero-order chi connectivity index (χ0) is 37.8. The van der Waals surface area contributed by atoms with Crippen LogP contribution >= 0.6 is 22.9 Å². The number of hydrogen-bond donors (Lipinski definition) is 1. The lowest BCUT2D eigenvalue weighted by molar-refractivity contribution is -0.144. The number of anilines is 1. The number of rotatable bonds is 6. The van der Waals surface area contributed by atoms with Crippen molar-refractivity contribution in [3.8, 4) is 22.1 Å². The Balaban J connectivity index is 1.15. The van der Waals surface area contributed by atoms with E-state index in [4.69, 9.17) is 21.4 Å². The fraction of sp³-hybridized carbons (Fsp3) is 0.452. The Bertz CT molecular complexity index is 2310. The number of carbonyl (C=O) groups excluding carboxylic acids is 4. The molecule has 0 bridgehead atoms. The lowest BCUT2D eigenvalue weighted by Crippen LogP contribution is -2.49. The molecule has 10 nitrogen and oxygen atoms in total. The largest absolute Gasteiger partial charge is 0.504 e. The van der Waals surface area contributed by atoms with E-state index in [1.54, 1.807) is 46.2 Å². The number of ether oxygens (including phenoxy) is 1. The minimum atomic E-state index is -1.24. The number of nitrogens with zero attached hydrogens (tertiary/aromatic N) is 4. The van der Waals surface area contributed by atoms with Gasteiger partial charge >= 0.3 is 0 Å². The highest BCUT2D eigenvalue weighted by molar-refractivity contribution is 7.22. The number of halogens is 1. The average molecular weight is 767 g/mol. The topological polar surface area (TPSA) is 122 Å². The molecule has 0 spiro atoms. The standard InChI is InChI=1S/C42H43ClN4O6S/c1-5-53-32-17-22(11-15-31(32)48)36-25-13-14-26-35(40(51)46(38(26)49)24-9-7-6-8-10-24)28(25)19-29-39(50)47(41(52)42(29,36)3)34-20-30(44-45(34)4)37-21(2)27-18-23(43)12-16-33(27)54-37/h11-13,15-18,20,24,26,28-29,35-36,48H,5-10,14,19H2,1-4H3/t26-,28+,29-,35-,36-,42+/m0/s1. The number of phenolic OH excluding ortho intramolecular Hbond substituents is 1. The second kappa shape index (κ2) is 12.8. The Morgan fingerprint density at radius 2 is 1.78 bits per heavy atom. The summed E-state index contributed by atoms with van der Waals surface area (Å²) in [5.41, 5.74) is 2.05. The van der Waals surface area contributed by atoms with Crippen LogP contribution in [0.1, 0.15) is 75.8 Å². The van der Waals surface area contributed by atoms with Gasteiger partial charge in [0.05, 0.1) is 34.7 Å². The molecule has 4 amide bonds. The highest BCUT2D eigenvalue weighted by Gasteiger charge is 2.68. The van der Waals surface area contributed by atoms with Gasteiger partial charge < -0.3 is 9.84 Å². The Hall–Kier alpha value is -4.48. The van der Waals surface area contributed by atoms with Gasteiger partial charge in [0.25, 0.3) is 0 Å². The Morgan fingerprint density at radius 1 is 1.00 bits per heavy atom. The zero-order valence-corrected chi connectivity index (χ0v) is 32.4. The normalized spacial score (nSPS) is 28.5. The van der Waals surface area contributed by atoms with E-state index in [0.29, 0.717) is 35.1 Å². The summed E-state index contributed by atoms with van der Waals surface area (Å²) in [7, 11) is 1.74. The van der Waals surface area contributed by atoms with Crippen molar-refractivity contribution in [1.29, 1.82) is 0 Å². The number of hydrogen-bond acceptors (Lipinski definition) is 8. The van der Waals surface area contributed by atoms with Gasteiger partial charge in [-0.25, -0.2) is 4.90 Å². The molecule has 2 aliphatic heterocycles. The summed E-state index contributed by atoms with van der Waals surface area (Å²) in [6.07, 6.45) is 7.48. The zero-order valence-electron chi connectivity index (χ0n) is 30.8. The molecule has 54 heavy (non-hydrogen) atoms. The fourth-order valence-electron chi connectivity index (χ4n) is 10.5. The van der Waals surface area contributed by atoms with E-state index in [2.05, 4.69) is 6.08 Å². The van der Waals surface area contributed by atoms with Gasteiger partial charge in [-0.3, -0.25) is 28.8 Å². The third kappa shape index (κ3) is 4.99. The van der Waals surface area contributed by atoms with Crippen molar-refractivity contribution < 1.29 is 29.0 Å². The highest BCUT2D eigenvalue weighted by Crippen LogP contribution is 2.64. The molecule has 3 aliphatic carbocycles. The summed E-state index contributed by atoms with van der Waals surface area (Å²) in [5.74, 6) is -3.18. The van der Waals surface area contributed by atoms with Gasteiger partial charge in [0, 0.05) is 34.8 Å². The number of thiophene rings is 1. The molecule has 1 N–H and O–H groups in total. The van der Waals surface area contributed by atoms with Crippen LogP contribution in [0.25, 0.3) is 20.7 Å². The lowest BCUT2D eigenvalue weighted by atomic mass is 9.51. The van der Waals surface area contributed by atoms with Crippen molar-refractivity contribution in [3.05, 3.63) is 70.3 Å². The predicted octanol–water partition coefficient (Wildman–Crippen LogP) is 7.93. The number of imide groups is 2. The van der Waals surface area contributed by atoms with Gasteiger partial charge in [-0.15, -0.1) is 11.3 Å². The van der Waals surface area contributed by atoms with Crippen LogP contribution in [0.5, 0.6) is 11.5 Å². The van der Waals surface area contributed by atoms with Crippen molar-refractivity contribution in [3.63, 3.8) is 0 Å². The molecule has 6 atom stereocenters. The van der Waals surface area contributed by atoms with E-state index in [1.165, 1.54) is 4.90 Å². The average Bonchev–Trinajstić information content (AvgIpc) is 3.83. The number of aryl methyl sites for hydroxylation is 2. The molecule has 2 saturated heterocycles. The molecule has 2 aromatic carbocycles. The van der Waals surface area contributed by atoms with Crippen molar-refractivity contribution in [1.82, 2.24) is 14.7 Å². The number of likely N-dealkylation sites (tertiary alicyclic amines) is 1. The van der Waals surface area contributed by atoms with E-state index < -0.39 is 35.0 Å². The molecule has 4 aromatic rings. The van der Waals surface area contributed by atoms with E-state index in [-0.39, 0.29) is 47.6 Å². The van der Waals surface area contributed by atoms with Gasteiger partial charge in [0.15, 0.2) is 11.5 Å². The number of fused-ring (bicyclic) bond motifs is 5. The van der Waals surface area contributed by atoms with Gasteiger partial charge in [0.1, 0.15) is 11.5 Å². The van der Waals surface area contributed by atoms with Crippen LogP contribution in [0.15, 0.2) is 54.1 Å². The van der Waals surface area contributed by atoms with Crippen LogP contribution in [0.4, 0.5) is 5.82 Å². The first kappa shape index (κ1) is 35.2. The number of phenols is 1. The minimum Gasteiger partial charge on any atom is -0.504 e. The van der Waals surface area contributed by atoms with Crippen molar-refractivity contribution in [2.24, 2.45) is 36.1 Å². The van der Waals surface area contributed by atoms with Crippen LogP contribution in [0.3, 0.4) is 0 Å². The molecule has 2 saturated carbocycles. The van der Waals surface area contributed by atoms with Crippen molar-refractivity contribution >= 4 is 62.5 Å². The van der Waals surface area contributed by atoms with Crippen LogP contribution in [0, 0.1) is 36.0 Å². The fourth-order valence-corrected chi connectivity index (χ4v) is 11.9. The number of aromatic hydroxyl groups is 1. The van der Waals surface area contributed by atoms with E-state index >= 15 is 4.79 Å². The molecule has 280 valence electrons. The smallest absolute Gasteiger partial charge is 0.242 e. The molecule has 0 radical (unpaired) electrons. The third-order valence-electron chi connectivity index (χ3n) is 13.1. The summed E-state index contributed by atoms with van der Waals surface area (Å²) in [6, 6.07) is 12.6. The highest BCUT2D eigenvalue weighted by atomic mass is 35.5. The Kier molecular flexibility index (Phi) is 8.35. The maximum absolute atomic E-state index is 15.2. The maximum Gasteiger partial charge on any atom is 0.242 e. The van der Waals surface area contributed by atoms with E-state index in [1.807, 2.05) is 45.0 Å². The number of aromatic nitrogens is 2. The van der Waals surface area contributed by atoms with Crippen molar-refractivity contribution in [2.75, 3.05) is 11.5 Å². The Labute approximate surface area is 322 Å². The summed E-state index contributed by atoms with van der Waals surface area (Å²) >= 11 is 7.91. The first-order valence-electron chi connectivity index (χ1n) is 19.1. The summed E-state index contributed by atoms with van der Waals surface area (Å²) < 4.78 is 8.46. The predicted molar refractivity (Wildman–Crippen MR) is 206 cm³/mol. The van der Waals surface area contributed by atoms with Crippen LogP contribution < -0.4 is 9.64 Å². The molecule has 9 rings (SSSR count). The quantitative estimate of drug-likeness (QED) is 0.156. The van der Waals surface area contributed by atoms with E-state index in [9.17, 15) is 19.5 Å². The monoisotopic (exact) mass is 766 g/mol. The molecule has 12 heteroatoms. The summed E-state index contributed by atoms with van der Waals surface area (Å²) in [6.45, 7) is 6.04.